The molecule has 1 aliphatic carbocycles. The molecular weight excluding hydrogens is 401 g/mol. The summed E-state index contributed by atoms with van der Waals surface area (Å²) in [7, 11) is -1.31. The van der Waals surface area contributed by atoms with Crippen molar-refractivity contribution in [3.8, 4) is 11.1 Å². The number of aliphatic carboxylic acids is 1. The number of rotatable bonds is 10. The van der Waals surface area contributed by atoms with Crippen molar-refractivity contribution in [2.45, 2.75) is 38.5 Å². The molecule has 0 radical (unpaired) electrons. The highest BCUT2D eigenvalue weighted by Gasteiger charge is 2.38. The van der Waals surface area contributed by atoms with Crippen LogP contribution in [0.5, 0.6) is 0 Å². The van der Waals surface area contributed by atoms with E-state index in [4.69, 9.17) is 21.6 Å². The molecule has 0 saturated heterocycles. The third-order valence-electron chi connectivity index (χ3n) is 6.04. The second kappa shape index (κ2) is 11.0. The van der Waals surface area contributed by atoms with Crippen molar-refractivity contribution < 1.29 is 19.9 Å². The average molecular weight is 430 g/mol. The SMILES string of the molecule is O=C(O)[C@@H]1C[C@@H](CNCc2ccc(-c3ccc(Cl)cc3)cc2)C[C@@H]1CCCB(O)O. The molecule has 1 aliphatic rings. The summed E-state index contributed by atoms with van der Waals surface area (Å²) in [5.74, 6) is -0.605. The molecule has 2 aromatic rings. The van der Waals surface area contributed by atoms with Crippen LogP contribution in [0.15, 0.2) is 48.5 Å². The van der Waals surface area contributed by atoms with Crippen LogP contribution < -0.4 is 5.32 Å². The molecule has 0 amide bonds. The fourth-order valence-corrected chi connectivity index (χ4v) is 4.59. The minimum Gasteiger partial charge on any atom is -0.481 e. The molecule has 4 N–H and O–H groups in total. The third-order valence-corrected chi connectivity index (χ3v) is 6.29. The van der Waals surface area contributed by atoms with Gasteiger partial charge >= 0.3 is 13.1 Å². The summed E-state index contributed by atoms with van der Waals surface area (Å²) in [6, 6.07) is 16.2. The lowest BCUT2D eigenvalue weighted by molar-refractivity contribution is -0.143. The van der Waals surface area contributed by atoms with Gasteiger partial charge in [-0.2, -0.15) is 0 Å². The van der Waals surface area contributed by atoms with Gasteiger partial charge < -0.3 is 20.5 Å². The maximum absolute atomic E-state index is 11.6. The molecule has 7 heteroatoms. The van der Waals surface area contributed by atoms with Crippen molar-refractivity contribution in [1.82, 2.24) is 5.32 Å². The number of carbonyl (C=O) groups is 1. The van der Waals surface area contributed by atoms with E-state index in [1.807, 2.05) is 24.3 Å². The summed E-state index contributed by atoms with van der Waals surface area (Å²) in [6.45, 7) is 1.54. The van der Waals surface area contributed by atoms with Crippen LogP contribution in [0.2, 0.25) is 11.3 Å². The molecule has 0 heterocycles. The first-order chi connectivity index (χ1) is 14.4. The maximum Gasteiger partial charge on any atom is 0.451 e. The number of hydrogen-bond donors (Lipinski definition) is 4. The van der Waals surface area contributed by atoms with Gasteiger partial charge in [0.25, 0.3) is 0 Å². The summed E-state index contributed by atoms with van der Waals surface area (Å²) >= 11 is 5.95. The van der Waals surface area contributed by atoms with Crippen LogP contribution >= 0.6 is 11.6 Å². The highest BCUT2D eigenvalue weighted by Crippen LogP contribution is 2.39. The summed E-state index contributed by atoms with van der Waals surface area (Å²) < 4.78 is 0. The van der Waals surface area contributed by atoms with Crippen molar-refractivity contribution in [1.29, 1.82) is 0 Å². The second-order valence-corrected chi connectivity index (χ2v) is 8.72. The van der Waals surface area contributed by atoms with Gasteiger partial charge in [0.2, 0.25) is 0 Å². The number of halogens is 1. The molecule has 30 heavy (non-hydrogen) atoms. The van der Waals surface area contributed by atoms with Gasteiger partial charge in [-0.15, -0.1) is 0 Å². The van der Waals surface area contributed by atoms with Gasteiger partial charge in [0.1, 0.15) is 0 Å². The Morgan fingerprint density at radius 3 is 2.27 bits per heavy atom. The van der Waals surface area contributed by atoms with Crippen LogP contribution in [0.3, 0.4) is 0 Å². The molecule has 1 saturated carbocycles. The smallest absolute Gasteiger partial charge is 0.451 e. The molecule has 3 rings (SSSR count). The molecular formula is C23H29BClNO4. The Balaban J connectivity index is 1.46. The van der Waals surface area contributed by atoms with Gasteiger partial charge in [0.05, 0.1) is 5.92 Å². The normalized spacial score (nSPS) is 21.0. The van der Waals surface area contributed by atoms with E-state index in [-0.39, 0.29) is 11.8 Å². The van der Waals surface area contributed by atoms with Crippen molar-refractivity contribution >= 4 is 24.7 Å². The zero-order chi connectivity index (χ0) is 21.5. The van der Waals surface area contributed by atoms with E-state index in [2.05, 4.69) is 29.6 Å². The lowest BCUT2D eigenvalue weighted by Gasteiger charge is -2.15. The topological polar surface area (TPSA) is 89.8 Å². The summed E-state index contributed by atoms with van der Waals surface area (Å²) in [6.07, 6.45) is 3.24. The molecule has 0 aliphatic heterocycles. The summed E-state index contributed by atoms with van der Waals surface area (Å²) in [4.78, 5) is 11.6. The molecule has 0 spiro atoms. The number of hydrogen-bond acceptors (Lipinski definition) is 4. The van der Waals surface area contributed by atoms with E-state index in [9.17, 15) is 9.90 Å². The first-order valence-corrected chi connectivity index (χ1v) is 10.9. The second-order valence-electron chi connectivity index (χ2n) is 8.29. The van der Waals surface area contributed by atoms with Crippen molar-refractivity contribution in [2.24, 2.45) is 17.8 Å². The Kier molecular flexibility index (Phi) is 8.34. The van der Waals surface area contributed by atoms with Crippen LogP contribution in [0.25, 0.3) is 11.1 Å². The standard InChI is InChI=1S/C23H29BClNO4/c25-21-9-7-19(8-10-21)18-5-3-16(4-6-18)14-26-15-17-12-20(2-1-11-24(29)30)22(13-17)23(27)28/h3-10,17,20,22,26,29-30H,1-2,11-15H2,(H,27,28)/t17-,20-,22+/m0/s1. The fraction of sp³-hybridized carbons (Fsp3) is 0.435. The van der Waals surface area contributed by atoms with E-state index >= 15 is 0 Å². The largest absolute Gasteiger partial charge is 0.481 e. The molecule has 5 nitrogen and oxygen atoms in total. The van der Waals surface area contributed by atoms with Crippen LogP contribution in [0.4, 0.5) is 0 Å². The van der Waals surface area contributed by atoms with Gasteiger partial charge in [-0.25, -0.2) is 0 Å². The first-order valence-electron chi connectivity index (χ1n) is 10.6. The zero-order valence-electron chi connectivity index (χ0n) is 17.0. The van der Waals surface area contributed by atoms with Crippen LogP contribution in [0.1, 0.15) is 31.2 Å². The number of benzene rings is 2. The van der Waals surface area contributed by atoms with E-state index in [1.54, 1.807) is 0 Å². The minimum absolute atomic E-state index is 0.117. The third kappa shape index (κ3) is 6.57. The Bertz CT molecular complexity index is 813. The Morgan fingerprint density at radius 1 is 1.03 bits per heavy atom. The predicted molar refractivity (Wildman–Crippen MR) is 120 cm³/mol. The first kappa shape index (κ1) is 22.8. The van der Waals surface area contributed by atoms with Crippen LogP contribution in [0, 0.1) is 17.8 Å². The van der Waals surface area contributed by atoms with Gasteiger partial charge in [0.15, 0.2) is 0 Å². The van der Waals surface area contributed by atoms with Gasteiger partial charge in [-0.3, -0.25) is 4.79 Å². The molecule has 160 valence electrons. The van der Waals surface area contributed by atoms with E-state index in [0.29, 0.717) is 25.1 Å². The van der Waals surface area contributed by atoms with E-state index < -0.39 is 13.1 Å². The zero-order valence-corrected chi connectivity index (χ0v) is 17.8. The van der Waals surface area contributed by atoms with Crippen molar-refractivity contribution in [3.63, 3.8) is 0 Å². The van der Waals surface area contributed by atoms with Crippen molar-refractivity contribution in [3.05, 3.63) is 59.1 Å². The van der Waals surface area contributed by atoms with Gasteiger partial charge in [-0.1, -0.05) is 60.8 Å². The highest BCUT2D eigenvalue weighted by atomic mass is 35.5. The lowest BCUT2D eigenvalue weighted by Crippen LogP contribution is -2.21. The Morgan fingerprint density at radius 2 is 1.67 bits per heavy atom. The van der Waals surface area contributed by atoms with Gasteiger partial charge in [0, 0.05) is 11.6 Å². The van der Waals surface area contributed by atoms with Crippen LogP contribution in [-0.2, 0) is 11.3 Å². The van der Waals surface area contributed by atoms with Gasteiger partial charge in [-0.05, 0) is 66.4 Å². The molecule has 0 aromatic heterocycles. The summed E-state index contributed by atoms with van der Waals surface area (Å²) in [5.41, 5.74) is 3.46. The maximum atomic E-state index is 11.6. The van der Waals surface area contributed by atoms with Crippen LogP contribution in [-0.4, -0.2) is 34.8 Å². The average Bonchev–Trinajstić information content (AvgIpc) is 3.12. The van der Waals surface area contributed by atoms with E-state index in [0.717, 1.165) is 42.1 Å². The highest BCUT2D eigenvalue weighted by molar-refractivity contribution is 6.40. The Labute approximate surface area is 183 Å². The molecule has 0 unspecified atom stereocenters. The number of carboxylic acid groups (broad SMARTS) is 1. The Hall–Kier alpha value is -1.86. The van der Waals surface area contributed by atoms with Crippen molar-refractivity contribution in [2.75, 3.05) is 6.54 Å². The van der Waals surface area contributed by atoms with E-state index in [1.165, 1.54) is 5.56 Å². The number of nitrogens with one attached hydrogen (secondary N) is 1. The molecule has 1 fully saturated rings. The predicted octanol–water partition coefficient (Wildman–Crippen LogP) is 4.08. The minimum atomic E-state index is -1.31. The summed E-state index contributed by atoms with van der Waals surface area (Å²) in [5, 5.41) is 31.7. The fourth-order valence-electron chi connectivity index (χ4n) is 4.47. The molecule has 3 atom stereocenters. The monoisotopic (exact) mass is 429 g/mol. The molecule has 2 aromatic carbocycles. The quantitative estimate of drug-likeness (QED) is 0.427. The molecule has 0 bridgehead atoms. The number of carboxylic acids is 1. The lowest BCUT2D eigenvalue weighted by atomic mass is 9.80.